The van der Waals surface area contributed by atoms with E-state index in [1.165, 1.54) is 24.3 Å². The molecule has 1 aliphatic rings. The number of thiazole rings is 1. The minimum atomic E-state index is 0.273. The van der Waals surface area contributed by atoms with Gasteiger partial charge in [-0.15, -0.1) is 11.3 Å². The van der Waals surface area contributed by atoms with E-state index in [0.29, 0.717) is 0 Å². The molecule has 0 radical (unpaired) electrons. The molecule has 2 nitrogen and oxygen atoms in total. The molecule has 0 spiro atoms. The number of nitrogens with zero attached hydrogens (tertiary/aromatic N) is 1. The van der Waals surface area contributed by atoms with Crippen LogP contribution >= 0.6 is 22.9 Å². The smallest absolute Gasteiger partial charge is 0.113 e. The van der Waals surface area contributed by atoms with Gasteiger partial charge < -0.3 is 5.32 Å². The van der Waals surface area contributed by atoms with Gasteiger partial charge in [0, 0.05) is 12.0 Å². The maximum atomic E-state index is 5.93. The molecule has 0 aliphatic carbocycles. The SMILES string of the molecule is CC(C)CC1(Cc2ncc(Cl)s2)CCCN1. The number of halogens is 1. The van der Waals surface area contributed by atoms with Crippen molar-refractivity contribution < 1.29 is 0 Å². The first-order valence-electron chi connectivity index (χ1n) is 5.95. The average Bonchev–Trinajstić information content (AvgIpc) is 2.76. The van der Waals surface area contributed by atoms with Crippen molar-refractivity contribution >= 4 is 22.9 Å². The van der Waals surface area contributed by atoms with Gasteiger partial charge in [-0.05, 0) is 31.7 Å². The second-order valence-corrected chi connectivity index (χ2v) is 6.89. The van der Waals surface area contributed by atoms with Gasteiger partial charge in [0.15, 0.2) is 0 Å². The first-order chi connectivity index (χ1) is 7.60. The van der Waals surface area contributed by atoms with Crippen molar-refractivity contribution in [3.8, 4) is 0 Å². The van der Waals surface area contributed by atoms with Gasteiger partial charge in [0.25, 0.3) is 0 Å². The monoisotopic (exact) mass is 258 g/mol. The van der Waals surface area contributed by atoms with Gasteiger partial charge in [-0.2, -0.15) is 0 Å². The summed E-state index contributed by atoms with van der Waals surface area (Å²) in [6, 6.07) is 0. The Morgan fingerprint density at radius 1 is 1.62 bits per heavy atom. The van der Waals surface area contributed by atoms with Crippen LogP contribution in [-0.4, -0.2) is 17.1 Å². The van der Waals surface area contributed by atoms with Gasteiger partial charge in [-0.3, -0.25) is 0 Å². The van der Waals surface area contributed by atoms with Gasteiger partial charge in [0.05, 0.1) is 11.2 Å². The number of nitrogens with one attached hydrogen (secondary N) is 1. The normalized spacial score (nSPS) is 25.5. The van der Waals surface area contributed by atoms with E-state index in [9.17, 15) is 0 Å². The van der Waals surface area contributed by atoms with Crippen LogP contribution < -0.4 is 5.32 Å². The average molecular weight is 259 g/mol. The molecule has 0 saturated carbocycles. The van der Waals surface area contributed by atoms with Gasteiger partial charge >= 0.3 is 0 Å². The molecule has 2 heterocycles. The fourth-order valence-electron chi connectivity index (χ4n) is 2.71. The summed E-state index contributed by atoms with van der Waals surface area (Å²) in [5.74, 6) is 0.723. The van der Waals surface area contributed by atoms with Crippen LogP contribution in [0.3, 0.4) is 0 Å². The zero-order valence-corrected chi connectivity index (χ0v) is 11.5. The number of rotatable bonds is 4. The van der Waals surface area contributed by atoms with Crippen LogP contribution in [0.1, 0.15) is 38.1 Å². The van der Waals surface area contributed by atoms with E-state index < -0.39 is 0 Å². The lowest BCUT2D eigenvalue weighted by atomic mass is 9.85. The van der Waals surface area contributed by atoms with Crippen molar-refractivity contribution in [2.75, 3.05) is 6.54 Å². The molecule has 1 aromatic heterocycles. The molecule has 1 atom stereocenters. The Hall–Kier alpha value is -0.120. The highest BCUT2D eigenvalue weighted by Gasteiger charge is 2.34. The largest absolute Gasteiger partial charge is 0.311 e. The topological polar surface area (TPSA) is 24.9 Å². The second kappa shape index (κ2) is 5.03. The second-order valence-electron chi connectivity index (χ2n) is 5.14. The molecule has 2 rings (SSSR count). The Morgan fingerprint density at radius 3 is 2.94 bits per heavy atom. The third-order valence-corrected chi connectivity index (χ3v) is 4.26. The molecular formula is C12H19ClN2S. The van der Waals surface area contributed by atoms with Gasteiger partial charge in [-0.25, -0.2) is 4.98 Å². The highest BCUT2D eigenvalue weighted by Crippen LogP contribution is 2.32. The molecule has 0 bridgehead atoms. The molecule has 0 amide bonds. The van der Waals surface area contributed by atoms with E-state index in [1.54, 1.807) is 17.5 Å². The summed E-state index contributed by atoms with van der Waals surface area (Å²) in [5, 5.41) is 4.85. The zero-order valence-electron chi connectivity index (χ0n) is 9.92. The van der Waals surface area contributed by atoms with E-state index in [-0.39, 0.29) is 5.54 Å². The van der Waals surface area contributed by atoms with Gasteiger partial charge in [0.1, 0.15) is 4.34 Å². The summed E-state index contributed by atoms with van der Waals surface area (Å²) in [4.78, 5) is 4.38. The van der Waals surface area contributed by atoms with Gasteiger partial charge in [0.2, 0.25) is 0 Å². The number of hydrogen-bond acceptors (Lipinski definition) is 3. The summed E-state index contributed by atoms with van der Waals surface area (Å²) < 4.78 is 0.799. The maximum absolute atomic E-state index is 5.93. The molecular weight excluding hydrogens is 240 g/mol. The van der Waals surface area contributed by atoms with Crippen LogP contribution in [-0.2, 0) is 6.42 Å². The molecule has 1 fully saturated rings. The van der Waals surface area contributed by atoms with E-state index in [1.807, 2.05) is 0 Å². The Bertz CT molecular complexity index is 343. The summed E-state index contributed by atoms with van der Waals surface area (Å²) in [7, 11) is 0. The predicted octanol–water partition coefficient (Wildman–Crippen LogP) is 3.51. The zero-order chi connectivity index (χ0) is 11.6. The molecule has 1 N–H and O–H groups in total. The van der Waals surface area contributed by atoms with Crippen molar-refractivity contribution in [3.05, 3.63) is 15.5 Å². The minimum Gasteiger partial charge on any atom is -0.311 e. The molecule has 1 aromatic rings. The van der Waals surface area contributed by atoms with Crippen LogP contribution in [0.2, 0.25) is 4.34 Å². The molecule has 1 unspecified atom stereocenters. The van der Waals surface area contributed by atoms with Crippen LogP contribution in [0.5, 0.6) is 0 Å². The number of hydrogen-bond donors (Lipinski definition) is 1. The molecule has 0 aromatic carbocycles. The first-order valence-corrected chi connectivity index (χ1v) is 7.14. The lowest BCUT2D eigenvalue weighted by molar-refractivity contribution is 0.301. The standard InChI is InChI=1S/C12H19ClN2S/c1-9(2)6-12(4-3-5-15-12)7-11-14-8-10(13)16-11/h8-9,15H,3-7H2,1-2H3. The van der Waals surface area contributed by atoms with Crippen molar-refractivity contribution in [2.24, 2.45) is 5.92 Å². The highest BCUT2D eigenvalue weighted by molar-refractivity contribution is 7.15. The molecule has 16 heavy (non-hydrogen) atoms. The number of aromatic nitrogens is 1. The molecule has 4 heteroatoms. The van der Waals surface area contributed by atoms with E-state index >= 15 is 0 Å². The summed E-state index contributed by atoms with van der Waals surface area (Å²) >= 11 is 7.55. The summed E-state index contributed by atoms with van der Waals surface area (Å²) in [5.41, 5.74) is 0.273. The molecule has 1 saturated heterocycles. The summed E-state index contributed by atoms with van der Waals surface area (Å²) in [6.07, 6.45) is 6.57. The van der Waals surface area contributed by atoms with Crippen LogP contribution in [0.15, 0.2) is 6.20 Å². The van der Waals surface area contributed by atoms with E-state index in [0.717, 1.165) is 23.2 Å². The van der Waals surface area contributed by atoms with Crippen molar-refractivity contribution in [3.63, 3.8) is 0 Å². The lowest BCUT2D eigenvalue weighted by Crippen LogP contribution is -2.43. The minimum absolute atomic E-state index is 0.273. The first kappa shape index (κ1) is 12.3. The fourth-order valence-corrected chi connectivity index (χ4v) is 3.81. The molecule has 90 valence electrons. The maximum Gasteiger partial charge on any atom is 0.113 e. The van der Waals surface area contributed by atoms with E-state index in [4.69, 9.17) is 11.6 Å². The molecule has 1 aliphatic heterocycles. The van der Waals surface area contributed by atoms with Crippen LogP contribution in [0.4, 0.5) is 0 Å². The van der Waals surface area contributed by atoms with E-state index in [2.05, 4.69) is 24.1 Å². The van der Waals surface area contributed by atoms with Crippen molar-refractivity contribution in [2.45, 2.75) is 45.1 Å². The summed E-state index contributed by atoms with van der Waals surface area (Å²) in [6.45, 7) is 5.72. The third kappa shape index (κ3) is 2.96. The Morgan fingerprint density at radius 2 is 2.44 bits per heavy atom. The quantitative estimate of drug-likeness (QED) is 0.894. The van der Waals surface area contributed by atoms with Gasteiger partial charge in [-0.1, -0.05) is 25.4 Å². The van der Waals surface area contributed by atoms with Crippen LogP contribution in [0.25, 0.3) is 0 Å². The van der Waals surface area contributed by atoms with Crippen LogP contribution in [0, 0.1) is 5.92 Å². The van der Waals surface area contributed by atoms with Crippen molar-refractivity contribution in [1.82, 2.24) is 10.3 Å². The predicted molar refractivity (Wildman–Crippen MR) is 70.3 cm³/mol. The Balaban J connectivity index is 2.08. The lowest BCUT2D eigenvalue weighted by Gasteiger charge is -2.30. The Kier molecular flexibility index (Phi) is 3.88. The fraction of sp³-hybridized carbons (Fsp3) is 0.750. The van der Waals surface area contributed by atoms with Crippen molar-refractivity contribution in [1.29, 1.82) is 0 Å². The highest BCUT2D eigenvalue weighted by atomic mass is 35.5. The Labute approximate surface area is 106 Å². The third-order valence-electron chi connectivity index (χ3n) is 3.15.